The van der Waals surface area contributed by atoms with Crippen LogP contribution < -0.4 is 11.1 Å². The summed E-state index contributed by atoms with van der Waals surface area (Å²) in [5.74, 6) is -0.0359. The smallest absolute Gasteiger partial charge is 0.254 e. The van der Waals surface area contributed by atoms with Crippen molar-refractivity contribution in [2.75, 3.05) is 19.0 Å². The van der Waals surface area contributed by atoms with E-state index in [-0.39, 0.29) is 11.4 Å². The van der Waals surface area contributed by atoms with E-state index >= 15 is 0 Å². The normalized spacial score (nSPS) is 21.2. The predicted molar refractivity (Wildman–Crippen MR) is 112 cm³/mol. The van der Waals surface area contributed by atoms with Crippen molar-refractivity contribution in [3.05, 3.63) is 41.8 Å². The number of nitrogens with one attached hydrogen (secondary N) is 1. The van der Waals surface area contributed by atoms with Crippen molar-refractivity contribution in [2.45, 2.75) is 50.5 Å². The second-order valence-corrected chi connectivity index (χ2v) is 7.97. The van der Waals surface area contributed by atoms with Gasteiger partial charge in [-0.15, -0.1) is 0 Å². The summed E-state index contributed by atoms with van der Waals surface area (Å²) >= 11 is 0. The lowest BCUT2D eigenvalue weighted by Gasteiger charge is -2.39. The molecule has 1 fully saturated rings. The van der Waals surface area contributed by atoms with Gasteiger partial charge in [-0.3, -0.25) is 9.48 Å². The average molecular weight is 413 g/mol. The van der Waals surface area contributed by atoms with Gasteiger partial charge in [-0.1, -0.05) is 0 Å². The first-order valence-corrected chi connectivity index (χ1v) is 10.3. The number of rotatable bonds is 9. The van der Waals surface area contributed by atoms with Gasteiger partial charge in [0.15, 0.2) is 5.82 Å². The molecule has 0 radical (unpaired) electrons. The molecule has 1 saturated carbocycles. The topological polar surface area (TPSA) is 106 Å². The van der Waals surface area contributed by atoms with E-state index in [1.54, 1.807) is 30.1 Å². The molecule has 1 heterocycles. The van der Waals surface area contributed by atoms with E-state index < -0.39 is 11.4 Å². The molecule has 8 heteroatoms. The highest BCUT2D eigenvalue weighted by Crippen LogP contribution is 2.42. The van der Waals surface area contributed by atoms with Crippen LogP contribution in [-0.4, -0.2) is 29.4 Å². The zero-order chi connectivity index (χ0) is 21.6. The number of ether oxygens (including phenoxy) is 1. The molecule has 0 saturated heterocycles. The number of hydrogen-bond acceptors (Lipinski definition) is 5. The summed E-state index contributed by atoms with van der Waals surface area (Å²) < 4.78 is 20.1. The largest absolute Gasteiger partial charge is 0.385 e. The van der Waals surface area contributed by atoms with Gasteiger partial charge in [0.25, 0.3) is 5.91 Å². The fourth-order valence-electron chi connectivity index (χ4n) is 4.21. The van der Waals surface area contributed by atoms with Gasteiger partial charge in [0, 0.05) is 25.6 Å². The van der Waals surface area contributed by atoms with E-state index in [2.05, 4.69) is 16.5 Å². The lowest BCUT2D eigenvalue weighted by atomic mass is 9.74. The van der Waals surface area contributed by atoms with E-state index in [1.165, 1.54) is 12.1 Å². The number of carbonyl (C=O) groups is 1. The Kier molecular flexibility index (Phi) is 7.06. The van der Waals surface area contributed by atoms with Crippen molar-refractivity contribution < 1.29 is 13.9 Å². The standard InChI is InChI=1S/C22H28FN5O2/c1-30-14-2-3-16-8-10-22(11-9-16,12-13-24)28-15-19(20(25)29)21(27-28)26-18-6-4-17(23)5-7-18/h4-7,15-16H,2-3,8-12,14H2,1H3,(H2,25,29)(H,26,27). The Balaban J connectivity index is 1.82. The Morgan fingerprint density at radius 1 is 1.40 bits per heavy atom. The monoisotopic (exact) mass is 413 g/mol. The van der Waals surface area contributed by atoms with Gasteiger partial charge >= 0.3 is 0 Å². The summed E-state index contributed by atoms with van der Waals surface area (Å²) in [7, 11) is 1.71. The number of amides is 1. The molecular weight excluding hydrogens is 385 g/mol. The highest BCUT2D eigenvalue weighted by atomic mass is 19.1. The summed E-state index contributed by atoms with van der Waals surface area (Å²) in [6.45, 7) is 0.763. The van der Waals surface area contributed by atoms with Crippen molar-refractivity contribution in [3.63, 3.8) is 0 Å². The van der Waals surface area contributed by atoms with E-state index in [9.17, 15) is 14.4 Å². The third kappa shape index (κ3) is 4.97. The Morgan fingerprint density at radius 2 is 2.10 bits per heavy atom. The van der Waals surface area contributed by atoms with Gasteiger partial charge in [0.1, 0.15) is 11.4 Å². The maximum Gasteiger partial charge on any atom is 0.254 e. The van der Waals surface area contributed by atoms with Crippen LogP contribution in [0.25, 0.3) is 0 Å². The quantitative estimate of drug-likeness (QED) is 0.602. The minimum Gasteiger partial charge on any atom is -0.385 e. The van der Waals surface area contributed by atoms with Gasteiger partial charge in [0.2, 0.25) is 0 Å². The van der Waals surface area contributed by atoms with Gasteiger partial charge in [-0.25, -0.2) is 4.39 Å². The summed E-state index contributed by atoms with van der Waals surface area (Å²) in [5.41, 5.74) is 5.96. The van der Waals surface area contributed by atoms with Crippen molar-refractivity contribution in [2.24, 2.45) is 11.7 Å². The number of benzene rings is 1. The number of nitriles is 1. The van der Waals surface area contributed by atoms with Crippen molar-refractivity contribution in [1.82, 2.24) is 9.78 Å². The molecule has 30 heavy (non-hydrogen) atoms. The number of nitrogens with two attached hydrogens (primary N) is 1. The first kappa shape index (κ1) is 21.8. The number of nitrogens with zero attached hydrogens (tertiary/aromatic N) is 3. The first-order valence-electron chi connectivity index (χ1n) is 10.3. The van der Waals surface area contributed by atoms with Gasteiger partial charge in [-0.2, -0.15) is 10.4 Å². The van der Waals surface area contributed by atoms with Crippen LogP contribution in [0, 0.1) is 23.1 Å². The van der Waals surface area contributed by atoms with Gasteiger partial charge in [0.05, 0.1) is 18.0 Å². The molecule has 2 aromatic rings. The number of carbonyl (C=O) groups excluding carboxylic acids is 1. The highest BCUT2D eigenvalue weighted by molar-refractivity contribution is 5.98. The molecular formula is C22H28FN5O2. The fourth-order valence-corrected chi connectivity index (χ4v) is 4.21. The summed E-state index contributed by atoms with van der Waals surface area (Å²) in [6.07, 6.45) is 7.72. The number of methoxy groups -OCH3 is 1. The Bertz CT molecular complexity index is 895. The third-order valence-electron chi connectivity index (χ3n) is 5.98. The summed E-state index contributed by atoms with van der Waals surface area (Å²) in [6, 6.07) is 8.08. The van der Waals surface area contributed by atoms with Crippen LogP contribution >= 0.6 is 0 Å². The van der Waals surface area contributed by atoms with Crippen molar-refractivity contribution >= 4 is 17.4 Å². The molecule has 1 aromatic heterocycles. The number of aromatic nitrogens is 2. The van der Waals surface area contributed by atoms with Crippen LogP contribution in [0.5, 0.6) is 0 Å². The van der Waals surface area contributed by atoms with Crippen LogP contribution in [-0.2, 0) is 10.3 Å². The molecule has 3 N–H and O–H groups in total. The lowest BCUT2D eigenvalue weighted by molar-refractivity contribution is 0.0999. The Labute approximate surface area is 176 Å². The molecule has 1 aliphatic carbocycles. The van der Waals surface area contributed by atoms with Crippen LogP contribution in [0.1, 0.15) is 55.3 Å². The number of anilines is 2. The number of halogens is 1. The fraction of sp³-hybridized carbons (Fsp3) is 0.500. The van der Waals surface area contributed by atoms with Crippen molar-refractivity contribution in [3.8, 4) is 6.07 Å². The molecule has 0 aliphatic heterocycles. The molecule has 0 spiro atoms. The summed E-state index contributed by atoms with van der Waals surface area (Å²) in [4.78, 5) is 12.0. The maximum absolute atomic E-state index is 13.2. The second kappa shape index (κ2) is 9.72. The molecule has 0 bridgehead atoms. The van der Waals surface area contributed by atoms with Gasteiger partial charge < -0.3 is 15.8 Å². The van der Waals surface area contributed by atoms with E-state index in [4.69, 9.17) is 10.5 Å². The zero-order valence-electron chi connectivity index (χ0n) is 17.2. The molecule has 0 atom stereocenters. The second-order valence-electron chi connectivity index (χ2n) is 7.97. The molecule has 1 aromatic carbocycles. The van der Waals surface area contributed by atoms with E-state index in [0.717, 1.165) is 45.1 Å². The predicted octanol–water partition coefficient (Wildman–Crippen LogP) is 4.09. The minimum atomic E-state index is -0.605. The van der Waals surface area contributed by atoms with E-state index in [1.807, 2.05) is 0 Å². The first-order chi connectivity index (χ1) is 14.5. The molecule has 160 valence electrons. The van der Waals surface area contributed by atoms with Crippen molar-refractivity contribution in [1.29, 1.82) is 5.26 Å². The summed E-state index contributed by atoms with van der Waals surface area (Å²) in [5, 5.41) is 17.1. The Hall–Kier alpha value is -2.92. The van der Waals surface area contributed by atoms with Crippen LogP contribution in [0.4, 0.5) is 15.9 Å². The average Bonchev–Trinajstić information content (AvgIpc) is 3.16. The number of hydrogen-bond donors (Lipinski definition) is 2. The molecule has 0 unspecified atom stereocenters. The van der Waals surface area contributed by atoms with Crippen LogP contribution in [0.2, 0.25) is 0 Å². The SMILES string of the molecule is COCCCC1CCC(CC#N)(n2cc(C(N)=O)c(Nc3ccc(F)cc3)n2)CC1. The third-order valence-corrected chi connectivity index (χ3v) is 5.98. The Morgan fingerprint density at radius 3 is 2.70 bits per heavy atom. The lowest BCUT2D eigenvalue weighted by Crippen LogP contribution is -2.38. The van der Waals surface area contributed by atoms with E-state index in [0.29, 0.717) is 23.8 Å². The maximum atomic E-state index is 13.2. The van der Waals surface area contributed by atoms with Crippen LogP contribution in [0.3, 0.4) is 0 Å². The van der Waals surface area contributed by atoms with Gasteiger partial charge in [-0.05, 0) is 68.7 Å². The zero-order valence-corrected chi connectivity index (χ0v) is 17.2. The molecule has 1 amide bonds. The highest BCUT2D eigenvalue weighted by Gasteiger charge is 2.38. The molecule has 1 aliphatic rings. The van der Waals surface area contributed by atoms with Crippen LogP contribution in [0.15, 0.2) is 30.5 Å². The molecule has 3 rings (SSSR count). The number of primary amides is 1. The molecule has 7 nitrogen and oxygen atoms in total. The minimum absolute atomic E-state index is 0.249.